The summed E-state index contributed by atoms with van der Waals surface area (Å²) in [5.74, 6) is 1.11. The standard InChI is InChI=1S/C18H16N2O4S/c19-25(21,22)17-9-6-15(7-10-17)18-11-8-16(24-18)12-20-23-13-14-4-2-1-3-5-14/h1-12H,13H2,(H2,19,21,22)/b20-12+. The van der Waals surface area contributed by atoms with E-state index in [9.17, 15) is 8.42 Å². The van der Waals surface area contributed by atoms with Crippen molar-refractivity contribution in [3.05, 3.63) is 78.1 Å². The van der Waals surface area contributed by atoms with Crippen molar-refractivity contribution in [3.63, 3.8) is 0 Å². The second-order valence-electron chi connectivity index (χ2n) is 5.26. The molecule has 2 N–H and O–H groups in total. The Morgan fingerprint density at radius 2 is 1.72 bits per heavy atom. The van der Waals surface area contributed by atoms with Crippen molar-refractivity contribution < 1.29 is 17.7 Å². The minimum Gasteiger partial charge on any atom is -0.455 e. The molecule has 0 aliphatic carbocycles. The van der Waals surface area contributed by atoms with E-state index < -0.39 is 10.0 Å². The minimum atomic E-state index is -3.70. The van der Waals surface area contributed by atoms with Gasteiger partial charge in [-0.2, -0.15) is 0 Å². The Labute approximate surface area is 145 Å². The molecule has 25 heavy (non-hydrogen) atoms. The van der Waals surface area contributed by atoms with Gasteiger partial charge in [-0.25, -0.2) is 13.6 Å². The Hall–Kier alpha value is -2.90. The number of benzene rings is 2. The van der Waals surface area contributed by atoms with Crippen molar-refractivity contribution >= 4 is 16.2 Å². The molecule has 1 heterocycles. The number of nitrogens with zero attached hydrogens (tertiary/aromatic N) is 1. The van der Waals surface area contributed by atoms with Gasteiger partial charge in [-0.1, -0.05) is 35.5 Å². The molecule has 3 aromatic rings. The Morgan fingerprint density at radius 1 is 1.00 bits per heavy atom. The van der Waals surface area contributed by atoms with E-state index in [1.807, 2.05) is 30.3 Å². The molecule has 0 amide bonds. The first kappa shape index (κ1) is 16.9. The molecule has 0 aliphatic rings. The van der Waals surface area contributed by atoms with E-state index in [2.05, 4.69) is 5.16 Å². The quantitative estimate of drug-likeness (QED) is 0.542. The summed E-state index contributed by atoms with van der Waals surface area (Å²) in [5, 5.41) is 8.95. The minimum absolute atomic E-state index is 0.0545. The molecule has 0 saturated heterocycles. The molecule has 6 nitrogen and oxygen atoms in total. The lowest BCUT2D eigenvalue weighted by Crippen LogP contribution is -2.11. The van der Waals surface area contributed by atoms with E-state index in [4.69, 9.17) is 14.4 Å². The van der Waals surface area contributed by atoms with Crippen molar-refractivity contribution in [1.82, 2.24) is 0 Å². The monoisotopic (exact) mass is 356 g/mol. The van der Waals surface area contributed by atoms with Crippen LogP contribution in [-0.4, -0.2) is 14.6 Å². The molecular weight excluding hydrogens is 340 g/mol. The fraction of sp³-hybridized carbons (Fsp3) is 0.0556. The molecule has 0 spiro atoms. The van der Waals surface area contributed by atoms with E-state index in [-0.39, 0.29) is 4.90 Å². The maximum Gasteiger partial charge on any atom is 0.238 e. The van der Waals surface area contributed by atoms with E-state index in [0.717, 1.165) is 11.1 Å². The predicted molar refractivity (Wildman–Crippen MR) is 94.3 cm³/mol. The van der Waals surface area contributed by atoms with Gasteiger partial charge in [0.25, 0.3) is 0 Å². The lowest BCUT2D eigenvalue weighted by atomic mass is 10.2. The number of hydrogen-bond donors (Lipinski definition) is 1. The molecule has 7 heteroatoms. The smallest absolute Gasteiger partial charge is 0.238 e. The van der Waals surface area contributed by atoms with Gasteiger partial charge >= 0.3 is 0 Å². The average molecular weight is 356 g/mol. The lowest BCUT2D eigenvalue weighted by Gasteiger charge is -2.00. The third kappa shape index (κ3) is 4.56. The summed E-state index contributed by atoms with van der Waals surface area (Å²) >= 11 is 0. The number of furan rings is 1. The summed E-state index contributed by atoms with van der Waals surface area (Å²) in [6.45, 7) is 0.375. The van der Waals surface area contributed by atoms with Crippen LogP contribution < -0.4 is 5.14 Å². The third-order valence-electron chi connectivity index (χ3n) is 3.42. The Balaban J connectivity index is 1.63. The van der Waals surface area contributed by atoms with Gasteiger partial charge in [0, 0.05) is 5.56 Å². The second kappa shape index (κ2) is 7.33. The zero-order valence-corrected chi connectivity index (χ0v) is 14.0. The van der Waals surface area contributed by atoms with Crippen molar-refractivity contribution in [2.24, 2.45) is 10.3 Å². The van der Waals surface area contributed by atoms with Crippen LogP contribution in [0.5, 0.6) is 0 Å². The fourth-order valence-electron chi connectivity index (χ4n) is 2.16. The second-order valence-corrected chi connectivity index (χ2v) is 6.83. The molecule has 0 unspecified atom stereocenters. The number of primary sulfonamides is 1. The first-order valence-corrected chi connectivity index (χ1v) is 8.99. The zero-order chi connectivity index (χ0) is 17.7. The van der Waals surface area contributed by atoms with Crippen LogP contribution in [0.3, 0.4) is 0 Å². The summed E-state index contributed by atoms with van der Waals surface area (Å²) in [4.78, 5) is 5.28. The highest BCUT2D eigenvalue weighted by Crippen LogP contribution is 2.23. The van der Waals surface area contributed by atoms with Gasteiger partial charge in [0.1, 0.15) is 24.3 Å². The predicted octanol–water partition coefficient (Wildman–Crippen LogP) is 3.14. The summed E-state index contributed by atoms with van der Waals surface area (Å²) in [6, 6.07) is 19.3. The van der Waals surface area contributed by atoms with Gasteiger partial charge in [0.2, 0.25) is 10.0 Å². The van der Waals surface area contributed by atoms with E-state index in [0.29, 0.717) is 18.1 Å². The van der Waals surface area contributed by atoms with Gasteiger partial charge in [-0.05, 0) is 42.0 Å². The number of rotatable bonds is 6. The number of nitrogens with two attached hydrogens (primary N) is 1. The molecule has 2 aromatic carbocycles. The highest BCUT2D eigenvalue weighted by atomic mass is 32.2. The van der Waals surface area contributed by atoms with Crippen LogP contribution in [0, 0.1) is 0 Å². The van der Waals surface area contributed by atoms with Crippen LogP contribution in [0.2, 0.25) is 0 Å². The van der Waals surface area contributed by atoms with Crippen LogP contribution in [0.15, 0.2) is 81.2 Å². The van der Waals surface area contributed by atoms with E-state index >= 15 is 0 Å². The highest BCUT2D eigenvalue weighted by Gasteiger charge is 2.09. The van der Waals surface area contributed by atoms with Crippen molar-refractivity contribution in [1.29, 1.82) is 0 Å². The van der Waals surface area contributed by atoms with Crippen LogP contribution in [0.4, 0.5) is 0 Å². The summed E-state index contributed by atoms with van der Waals surface area (Å²) in [5.41, 5.74) is 1.76. The van der Waals surface area contributed by atoms with Crippen molar-refractivity contribution in [2.75, 3.05) is 0 Å². The Kier molecular flexibility index (Phi) is 4.97. The number of hydrogen-bond acceptors (Lipinski definition) is 5. The fourth-order valence-corrected chi connectivity index (χ4v) is 2.68. The molecule has 0 aliphatic heterocycles. The molecule has 128 valence electrons. The Morgan fingerprint density at radius 3 is 2.40 bits per heavy atom. The maximum atomic E-state index is 11.3. The lowest BCUT2D eigenvalue weighted by molar-refractivity contribution is 0.132. The molecule has 0 saturated carbocycles. The average Bonchev–Trinajstić information content (AvgIpc) is 3.08. The molecular formula is C18H16N2O4S. The first-order chi connectivity index (χ1) is 12.0. The zero-order valence-electron chi connectivity index (χ0n) is 13.2. The van der Waals surface area contributed by atoms with Crippen LogP contribution in [0.1, 0.15) is 11.3 Å². The van der Waals surface area contributed by atoms with Gasteiger partial charge in [0.05, 0.1) is 4.90 Å². The maximum absolute atomic E-state index is 11.3. The molecule has 0 bridgehead atoms. The first-order valence-electron chi connectivity index (χ1n) is 7.45. The van der Waals surface area contributed by atoms with Crippen molar-refractivity contribution in [3.8, 4) is 11.3 Å². The molecule has 0 fully saturated rings. The van der Waals surface area contributed by atoms with Gasteiger partial charge in [-0.3, -0.25) is 0 Å². The van der Waals surface area contributed by atoms with E-state index in [1.165, 1.54) is 18.3 Å². The number of sulfonamides is 1. The molecule has 3 rings (SSSR count). The normalized spacial score (nSPS) is 11.7. The van der Waals surface area contributed by atoms with Gasteiger partial charge in [-0.15, -0.1) is 0 Å². The SMILES string of the molecule is NS(=O)(=O)c1ccc(-c2ccc(/C=N/OCc3ccccc3)o2)cc1. The summed E-state index contributed by atoms with van der Waals surface area (Å²) < 4.78 is 28.2. The van der Waals surface area contributed by atoms with Crippen molar-refractivity contribution in [2.45, 2.75) is 11.5 Å². The topological polar surface area (TPSA) is 94.9 Å². The van der Waals surface area contributed by atoms with Gasteiger partial charge in [0.15, 0.2) is 0 Å². The van der Waals surface area contributed by atoms with Gasteiger partial charge < -0.3 is 9.25 Å². The van der Waals surface area contributed by atoms with E-state index in [1.54, 1.807) is 24.3 Å². The van der Waals surface area contributed by atoms with Crippen LogP contribution in [-0.2, 0) is 21.5 Å². The molecule has 0 radical (unpaired) electrons. The Bertz CT molecular complexity index is 962. The van der Waals surface area contributed by atoms with Crippen LogP contribution in [0.25, 0.3) is 11.3 Å². The summed E-state index contributed by atoms with van der Waals surface area (Å²) in [7, 11) is -3.70. The number of oxime groups is 1. The highest BCUT2D eigenvalue weighted by molar-refractivity contribution is 7.89. The molecule has 1 aromatic heterocycles. The third-order valence-corrected chi connectivity index (χ3v) is 4.35. The molecule has 0 atom stereocenters. The van der Waals surface area contributed by atoms with Crippen LogP contribution >= 0.6 is 0 Å². The summed E-state index contributed by atoms with van der Waals surface area (Å²) in [6.07, 6.45) is 1.48. The largest absolute Gasteiger partial charge is 0.455 e.